The van der Waals surface area contributed by atoms with E-state index in [-0.39, 0.29) is 30.2 Å². The highest BCUT2D eigenvalue weighted by Gasteiger charge is 2.29. The molecule has 2 rings (SSSR count). The largest absolute Gasteiger partial charge is 0.352 e. The van der Waals surface area contributed by atoms with Crippen molar-refractivity contribution in [2.24, 2.45) is 0 Å². The maximum absolute atomic E-state index is 13.3. The molecule has 4 nitrogen and oxygen atoms in total. The number of nitrogens with zero attached hydrogens (tertiary/aromatic N) is 1. The van der Waals surface area contributed by atoms with Crippen molar-refractivity contribution in [1.82, 2.24) is 10.2 Å². The van der Waals surface area contributed by atoms with Gasteiger partial charge in [0.05, 0.1) is 5.75 Å². The molecular weight excluding hydrogens is 487 g/mol. The number of rotatable bonds is 11. The molecule has 0 radical (unpaired) electrons. The summed E-state index contributed by atoms with van der Waals surface area (Å²) >= 11 is 20.1. The second-order valence-corrected chi connectivity index (χ2v) is 9.82. The molecule has 1 N–H and O–H groups in total. The molecule has 0 aliphatic rings. The van der Waals surface area contributed by atoms with E-state index in [0.717, 1.165) is 17.5 Å². The maximum atomic E-state index is 13.3. The number of amides is 2. The van der Waals surface area contributed by atoms with E-state index in [4.69, 9.17) is 34.8 Å². The van der Waals surface area contributed by atoms with Crippen LogP contribution in [0.4, 0.5) is 0 Å². The van der Waals surface area contributed by atoms with Gasteiger partial charge in [0.15, 0.2) is 0 Å². The molecule has 0 fully saturated rings. The second kappa shape index (κ2) is 13.3. The second-order valence-electron chi connectivity index (χ2n) is 7.58. The highest BCUT2D eigenvalue weighted by atomic mass is 35.5. The molecule has 174 valence electrons. The molecule has 0 unspecified atom stereocenters. The average Bonchev–Trinajstić information content (AvgIpc) is 2.76. The minimum absolute atomic E-state index is 0.0298. The lowest BCUT2D eigenvalue weighted by atomic mass is 10.1. The summed E-state index contributed by atoms with van der Waals surface area (Å²) in [5.41, 5.74) is 1.72. The van der Waals surface area contributed by atoms with Crippen molar-refractivity contribution in [2.75, 3.05) is 5.75 Å². The number of carbonyl (C=O) groups excluding carboxylic acids is 2. The summed E-state index contributed by atoms with van der Waals surface area (Å²) in [5.74, 6) is 0.552. The molecule has 0 aliphatic carbocycles. The van der Waals surface area contributed by atoms with Gasteiger partial charge in [-0.05, 0) is 49.1 Å². The molecule has 0 aliphatic heterocycles. The predicted molar refractivity (Wildman–Crippen MR) is 137 cm³/mol. The number of hydrogen-bond acceptors (Lipinski definition) is 3. The van der Waals surface area contributed by atoms with E-state index >= 15 is 0 Å². The summed E-state index contributed by atoms with van der Waals surface area (Å²) < 4.78 is 0. The lowest BCUT2D eigenvalue weighted by Gasteiger charge is -2.31. The van der Waals surface area contributed by atoms with Crippen LogP contribution in [0.2, 0.25) is 15.1 Å². The molecule has 2 aromatic carbocycles. The van der Waals surface area contributed by atoms with Crippen molar-refractivity contribution in [3.05, 3.63) is 68.7 Å². The van der Waals surface area contributed by atoms with E-state index in [0.29, 0.717) is 27.2 Å². The molecule has 0 spiro atoms. The Bertz CT molecular complexity index is 926. The van der Waals surface area contributed by atoms with Crippen molar-refractivity contribution in [3.8, 4) is 0 Å². The van der Waals surface area contributed by atoms with Gasteiger partial charge in [0.2, 0.25) is 11.8 Å². The van der Waals surface area contributed by atoms with Gasteiger partial charge in [0.25, 0.3) is 0 Å². The first kappa shape index (κ1) is 26.8. The van der Waals surface area contributed by atoms with Crippen LogP contribution in [0.15, 0.2) is 42.5 Å². The number of carbonyl (C=O) groups is 2. The Morgan fingerprint density at radius 3 is 2.34 bits per heavy atom. The van der Waals surface area contributed by atoms with Gasteiger partial charge in [0.1, 0.15) is 6.04 Å². The summed E-state index contributed by atoms with van der Waals surface area (Å²) in [6.45, 7) is 6.09. The monoisotopic (exact) mass is 514 g/mol. The van der Waals surface area contributed by atoms with Crippen molar-refractivity contribution < 1.29 is 9.59 Å². The van der Waals surface area contributed by atoms with Gasteiger partial charge in [-0.2, -0.15) is 0 Å². The van der Waals surface area contributed by atoms with Crippen LogP contribution in [0.5, 0.6) is 0 Å². The van der Waals surface area contributed by atoms with Crippen LogP contribution < -0.4 is 5.32 Å². The van der Waals surface area contributed by atoms with Crippen LogP contribution in [-0.2, 0) is 21.9 Å². The molecule has 0 heterocycles. The van der Waals surface area contributed by atoms with E-state index < -0.39 is 6.04 Å². The lowest BCUT2D eigenvalue weighted by molar-refractivity contribution is -0.139. The third-order valence-corrected chi connectivity index (χ3v) is 7.11. The fourth-order valence-electron chi connectivity index (χ4n) is 3.14. The molecule has 0 bridgehead atoms. The summed E-state index contributed by atoms with van der Waals surface area (Å²) in [4.78, 5) is 27.9. The summed E-state index contributed by atoms with van der Waals surface area (Å²) in [5, 5.41) is 4.67. The van der Waals surface area contributed by atoms with Crippen molar-refractivity contribution in [1.29, 1.82) is 0 Å². The first-order valence-electron chi connectivity index (χ1n) is 10.6. The Hall–Kier alpha value is -1.40. The number of halogens is 3. The molecule has 2 atom stereocenters. The Balaban J connectivity index is 2.20. The molecule has 2 amide bonds. The molecule has 0 saturated carbocycles. The number of hydrogen-bond donors (Lipinski definition) is 1. The smallest absolute Gasteiger partial charge is 0.243 e. The number of thioether (sulfide) groups is 1. The zero-order chi connectivity index (χ0) is 23.7. The van der Waals surface area contributed by atoms with Gasteiger partial charge < -0.3 is 10.2 Å². The third kappa shape index (κ3) is 7.87. The van der Waals surface area contributed by atoms with E-state index in [2.05, 4.69) is 5.32 Å². The van der Waals surface area contributed by atoms with Gasteiger partial charge in [-0.25, -0.2) is 0 Å². The van der Waals surface area contributed by atoms with Gasteiger partial charge >= 0.3 is 0 Å². The zero-order valence-corrected chi connectivity index (χ0v) is 21.6. The molecule has 0 aromatic heterocycles. The first-order chi connectivity index (χ1) is 15.3. The summed E-state index contributed by atoms with van der Waals surface area (Å²) in [6, 6.07) is 12.2. The molecule has 0 saturated heterocycles. The Morgan fingerprint density at radius 2 is 1.72 bits per heavy atom. The van der Waals surface area contributed by atoms with Gasteiger partial charge in [-0.3, -0.25) is 9.59 Å². The fourth-order valence-corrected chi connectivity index (χ4v) is 4.80. The fraction of sp³-hybridized carbons (Fsp3) is 0.417. The Morgan fingerprint density at radius 1 is 1.00 bits per heavy atom. The topological polar surface area (TPSA) is 49.4 Å². The quantitative estimate of drug-likeness (QED) is 0.367. The van der Waals surface area contributed by atoms with Crippen LogP contribution >= 0.6 is 46.6 Å². The van der Waals surface area contributed by atoms with Crippen LogP contribution in [0.1, 0.15) is 44.7 Å². The Kier molecular flexibility index (Phi) is 11.2. The van der Waals surface area contributed by atoms with E-state index in [1.54, 1.807) is 23.1 Å². The normalized spacial score (nSPS) is 12.8. The maximum Gasteiger partial charge on any atom is 0.243 e. The lowest BCUT2D eigenvalue weighted by Crippen LogP contribution is -2.51. The highest BCUT2D eigenvalue weighted by molar-refractivity contribution is 7.99. The van der Waals surface area contributed by atoms with Crippen LogP contribution in [0.25, 0.3) is 0 Å². The zero-order valence-electron chi connectivity index (χ0n) is 18.5. The minimum Gasteiger partial charge on any atom is -0.352 e. The van der Waals surface area contributed by atoms with Crippen molar-refractivity contribution >= 4 is 58.4 Å². The highest BCUT2D eigenvalue weighted by Crippen LogP contribution is 2.25. The van der Waals surface area contributed by atoms with E-state index in [1.807, 2.05) is 45.0 Å². The SMILES string of the molecule is CC[C@H](C)NC(=O)[C@H](CC)N(Cc1ccc(Cl)cc1Cl)C(=O)CSCc1ccccc1Cl. The van der Waals surface area contributed by atoms with E-state index in [9.17, 15) is 9.59 Å². The van der Waals surface area contributed by atoms with Crippen LogP contribution in [0, 0.1) is 0 Å². The third-order valence-electron chi connectivity index (χ3n) is 5.18. The van der Waals surface area contributed by atoms with Gasteiger partial charge in [-0.15, -0.1) is 11.8 Å². The molecular formula is C24H29Cl3N2O2S. The van der Waals surface area contributed by atoms with Crippen molar-refractivity contribution in [2.45, 2.75) is 58.0 Å². The van der Waals surface area contributed by atoms with E-state index in [1.165, 1.54) is 11.8 Å². The van der Waals surface area contributed by atoms with Crippen LogP contribution in [-0.4, -0.2) is 34.6 Å². The summed E-state index contributed by atoms with van der Waals surface area (Å²) in [6.07, 6.45) is 1.31. The standard InChI is InChI=1S/C24H29Cl3N2O2S/c1-4-16(3)28-24(31)22(5-2)29(13-17-10-11-19(25)12-21(17)27)23(30)15-32-14-18-8-6-7-9-20(18)26/h6-12,16,22H,4-5,13-15H2,1-3H3,(H,28,31)/t16-,22-/m0/s1. The molecule has 8 heteroatoms. The van der Waals surface area contributed by atoms with Crippen molar-refractivity contribution in [3.63, 3.8) is 0 Å². The molecule has 32 heavy (non-hydrogen) atoms. The Labute approximate surface area is 210 Å². The van der Waals surface area contributed by atoms with Gasteiger partial charge in [0, 0.05) is 33.4 Å². The minimum atomic E-state index is -0.593. The number of nitrogens with one attached hydrogen (secondary N) is 1. The first-order valence-corrected chi connectivity index (χ1v) is 12.9. The predicted octanol–water partition coefficient (Wildman–Crippen LogP) is 6.60. The summed E-state index contributed by atoms with van der Waals surface area (Å²) in [7, 11) is 0. The van der Waals surface area contributed by atoms with Gasteiger partial charge in [-0.1, -0.05) is 72.9 Å². The van der Waals surface area contributed by atoms with Crippen LogP contribution in [0.3, 0.4) is 0 Å². The average molecular weight is 516 g/mol. The number of benzene rings is 2. The molecule has 2 aromatic rings.